The van der Waals surface area contributed by atoms with Gasteiger partial charge in [0.1, 0.15) is 29.0 Å². The quantitative estimate of drug-likeness (QED) is 0.854. The average Bonchev–Trinajstić information content (AvgIpc) is 2.44. The van der Waals surface area contributed by atoms with Crippen molar-refractivity contribution >= 4 is 11.6 Å². The van der Waals surface area contributed by atoms with Crippen LogP contribution in [0.5, 0.6) is 0 Å². The molecular weight excluding hydrogens is 286 g/mol. The lowest BCUT2D eigenvalue weighted by molar-refractivity contribution is -0.116. The molecule has 21 heavy (non-hydrogen) atoms. The summed E-state index contributed by atoms with van der Waals surface area (Å²) in [5.74, 6) is -3.75. The number of amides is 1. The fourth-order valence-corrected chi connectivity index (χ4v) is 1.80. The van der Waals surface area contributed by atoms with Gasteiger partial charge in [0.15, 0.2) is 0 Å². The van der Waals surface area contributed by atoms with E-state index in [4.69, 9.17) is 0 Å². The minimum atomic E-state index is -0.903. The predicted octanol–water partition coefficient (Wildman–Crippen LogP) is 3.81. The van der Waals surface area contributed by atoms with Gasteiger partial charge in [0.25, 0.3) is 0 Å². The van der Waals surface area contributed by atoms with Crippen LogP contribution in [0.2, 0.25) is 0 Å². The Morgan fingerprint density at radius 1 is 0.952 bits per heavy atom. The number of anilines is 1. The van der Waals surface area contributed by atoms with Crippen molar-refractivity contribution in [3.8, 4) is 0 Å². The van der Waals surface area contributed by atoms with E-state index in [9.17, 15) is 22.4 Å². The molecule has 0 saturated heterocycles. The predicted molar refractivity (Wildman–Crippen MR) is 69.7 cm³/mol. The summed E-state index contributed by atoms with van der Waals surface area (Å²) >= 11 is 0. The molecule has 2 aromatic rings. The van der Waals surface area contributed by atoms with Crippen LogP contribution in [0.25, 0.3) is 0 Å². The van der Waals surface area contributed by atoms with E-state index in [0.717, 1.165) is 30.3 Å². The summed E-state index contributed by atoms with van der Waals surface area (Å²) in [5.41, 5.74) is -0.527. The molecule has 1 N–H and O–H groups in total. The lowest BCUT2D eigenvalue weighted by Gasteiger charge is -2.08. The highest BCUT2D eigenvalue weighted by atomic mass is 19.1. The molecule has 0 radical (unpaired) electrons. The Labute approximate surface area is 118 Å². The first kappa shape index (κ1) is 15.0. The van der Waals surface area contributed by atoms with Crippen LogP contribution in [0, 0.1) is 23.3 Å². The summed E-state index contributed by atoms with van der Waals surface area (Å²) in [7, 11) is 0. The van der Waals surface area contributed by atoms with Gasteiger partial charge in [-0.15, -0.1) is 0 Å². The van der Waals surface area contributed by atoms with Crippen molar-refractivity contribution in [3.63, 3.8) is 0 Å². The van der Waals surface area contributed by atoms with Crippen molar-refractivity contribution in [1.29, 1.82) is 0 Å². The second-order valence-corrected chi connectivity index (χ2v) is 4.38. The number of nitrogens with one attached hydrogen (secondary N) is 1. The zero-order chi connectivity index (χ0) is 15.4. The maximum atomic E-state index is 13.4. The van der Waals surface area contributed by atoms with E-state index in [-0.39, 0.29) is 18.4 Å². The molecule has 2 nitrogen and oxygen atoms in total. The standard InChI is InChI=1S/C15H11F4NO/c16-10-5-6-11(17)9(8-10)4-7-14(21)20-15-12(18)2-1-3-13(15)19/h1-3,5-6,8H,4,7H2,(H,20,21). The fourth-order valence-electron chi connectivity index (χ4n) is 1.80. The van der Waals surface area contributed by atoms with Crippen molar-refractivity contribution < 1.29 is 22.4 Å². The first-order valence-corrected chi connectivity index (χ1v) is 6.15. The van der Waals surface area contributed by atoms with Gasteiger partial charge in [-0.3, -0.25) is 4.79 Å². The van der Waals surface area contributed by atoms with Gasteiger partial charge in [-0.25, -0.2) is 17.6 Å². The summed E-state index contributed by atoms with van der Waals surface area (Å²) in [5, 5.41) is 2.08. The van der Waals surface area contributed by atoms with Crippen LogP contribution >= 0.6 is 0 Å². The molecule has 0 saturated carbocycles. The SMILES string of the molecule is O=C(CCc1cc(F)ccc1F)Nc1c(F)cccc1F. The number of carbonyl (C=O) groups excluding carboxylic acids is 1. The number of rotatable bonds is 4. The van der Waals surface area contributed by atoms with Crippen molar-refractivity contribution in [2.45, 2.75) is 12.8 Å². The third kappa shape index (κ3) is 3.81. The minimum Gasteiger partial charge on any atom is -0.321 e. The molecule has 0 heterocycles. The van der Waals surface area contributed by atoms with E-state index < -0.39 is 34.9 Å². The highest BCUT2D eigenvalue weighted by Gasteiger charge is 2.13. The molecule has 0 aliphatic rings. The third-order valence-electron chi connectivity index (χ3n) is 2.86. The first-order chi connectivity index (χ1) is 9.97. The maximum Gasteiger partial charge on any atom is 0.224 e. The van der Waals surface area contributed by atoms with Gasteiger partial charge in [0, 0.05) is 6.42 Å². The molecule has 6 heteroatoms. The Hall–Kier alpha value is -2.37. The molecule has 0 spiro atoms. The molecule has 0 aromatic heterocycles. The van der Waals surface area contributed by atoms with E-state index in [0.29, 0.717) is 0 Å². The van der Waals surface area contributed by atoms with Crippen molar-refractivity contribution in [2.75, 3.05) is 5.32 Å². The van der Waals surface area contributed by atoms with Crippen LogP contribution in [-0.4, -0.2) is 5.91 Å². The number of aryl methyl sites for hydroxylation is 1. The van der Waals surface area contributed by atoms with Gasteiger partial charge in [0.05, 0.1) is 0 Å². The molecule has 0 atom stereocenters. The first-order valence-electron chi connectivity index (χ1n) is 6.15. The topological polar surface area (TPSA) is 29.1 Å². The zero-order valence-electron chi connectivity index (χ0n) is 10.8. The molecular formula is C15H11F4NO. The van der Waals surface area contributed by atoms with E-state index in [1.165, 1.54) is 6.07 Å². The average molecular weight is 297 g/mol. The van der Waals surface area contributed by atoms with E-state index >= 15 is 0 Å². The molecule has 110 valence electrons. The van der Waals surface area contributed by atoms with Crippen LogP contribution in [0.15, 0.2) is 36.4 Å². The second kappa shape index (κ2) is 6.39. The minimum absolute atomic E-state index is 0.0270. The number of hydrogen-bond donors (Lipinski definition) is 1. The van der Waals surface area contributed by atoms with Crippen LogP contribution < -0.4 is 5.32 Å². The molecule has 0 aliphatic heterocycles. The molecule has 0 aliphatic carbocycles. The van der Waals surface area contributed by atoms with Gasteiger partial charge in [0.2, 0.25) is 5.91 Å². The lowest BCUT2D eigenvalue weighted by atomic mass is 10.1. The van der Waals surface area contributed by atoms with Crippen LogP contribution in [0.4, 0.5) is 23.2 Å². The van der Waals surface area contributed by atoms with Crippen LogP contribution in [-0.2, 0) is 11.2 Å². The normalized spacial score (nSPS) is 10.5. The molecule has 2 rings (SSSR count). The monoisotopic (exact) mass is 297 g/mol. The number of benzene rings is 2. The van der Waals surface area contributed by atoms with Gasteiger partial charge >= 0.3 is 0 Å². The van der Waals surface area contributed by atoms with Gasteiger partial charge in [-0.05, 0) is 42.3 Å². The molecule has 0 bridgehead atoms. The zero-order valence-corrected chi connectivity index (χ0v) is 10.8. The largest absolute Gasteiger partial charge is 0.321 e. The summed E-state index contributed by atoms with van der Waals surface area (Å²) < 4.78 is 53.0. The third-order valence-corrected chi connectivity index (χ3v) is 2.86. The van der Waals surface area contributed by atoms with Crippen molar-refractivity contribution in [1.82, 2.24) is 0 Å². The lowest BCUT2D eigenvalue weighted by Crippen LogP contribution is -2.15. The number of para-hydroxylation sites is 1. The smallest absolute Gasteiger partial charge is 0.224 e. The Bertz CT molecular complexity index is 652. The summed E-state index contributed by atoms with van der Waals surface area (Å²) in [6.45, 7) is 0. The van der Waals surface area contributed by atoms with Gasteiger partial charge in [-0.1, -0.05) is 6.07 Å². The Balaban J connectivity index is 2.01. The van der Waals surface area contributed by atoms with E-state index in [1.807, 2.05) is 0 Å². The van der Waals surface area contributed by atoms with Crippen LogP contribution in [0.3, 0.4) is 0 Å². The highest BCUT2D eigenvalue weighted by molar-refractivity contribution is 5.91. The fraction of sp³-hybridized carbons (Fsp3) is 0.133. The Kier molecular flexibility index (Phi) is 4.57. The van der Waals surface area contributed by atoms with Crippen molar-refractivity contribution in [3.05, 3.63) is 65.2 Å². The molecule has 0 unspecified atom stereocenters. The molecule has 0 fully saturated rings. The molecule has 1 amide bonds. The second-order valence-electron chi connectivity index (χ2n) is 4.38. The molecule has 2 aromatic carbocycles. The Morgan fingerprint density at radius 2 is 1.62 bits per heavy atom. The summed E-state index contributed by atoms with van der Waals surface area (Å²) in [6.07, 6.45) is -0.306. The summed E-state index contributed by atoms with van der Waals surface area (Å²) in [6, 6.07) is 6.08. The van der Waals surface area contributed by atoms with Gasteiger partial charge in [-0.2, -0.15) is 0 Å². The maximum absolute atomic E-state index is 13.4. The summed E-state index contributed by atoms with van der Waals surface area (Å²) in [4.78, 5) is 11.6. The highest BCUT2D eigenvalue weighted by Crippen LogP contribution is 2.19. The van der Waals surface area contributed by atoms with Crippen LogP contribution in [0.1, 0.15) is 12.0 Å². The number of hydrogen-bond acceptors (Lipinski definition) is 1. The van der Waals surface area contributed by atoms with E-state index in [2.05, 4.69) is 5.32 Å². The van der Waals surface area contributed by atoms with Crippen molar-refractivity contribution in [2.24, 2.45) is 0 Å². The number of carbonyl (C=O) groups is 1. The number of halogens is 4. The van der Waals surface area contributed by atoms with Gasteiger partial charge < -0.3 is 5.32 Å². The van der Waals surface area contributed by atoms with E-state index in [1.54, 1.807) is 0 Å². The Morgan fingerprint density at radius 3 is 2.29 bits per heavy atom.